The lowest BCUT2D eigenvalue weighted by molar-refractivity contribution is 0.385. The van der Waals surface area contributed by atoms with E-state index in [9.17, 15) is 8.42 Å². The summed E-state index contributed by atoms with van der Waals surface area (Å²) in [6.07, 6.45) is 0. The molecule has 0 bridgehead atoms. The summed E-state index contributed by atoms with van der Waals surface area (Å²) in [7, 11) is -3.74. The highest BCUT2D eigenvalue weighted by Gasteiger charge is 2.19. The maximum atomic E-state index is 12.0. The second kappa shape index (κ2) is 5.65. The highest BCUT2D eigenvalue weighted by Crippen LogP contribution is 2.28. The molecule has 0 spiro atoms. The number of hydrogen-bond acceptors (Lipinski definition) is 3. The van der Waals surface area contributed by atoms with Gasteiger partial charge in [-0.25, -0.2) is 0 Å². The lowest BCUT2D eigenvalue weighted by Crippen LogP contribution is -2.06. The molecule has 0 aromatic heterocycles. The normalized spacial score (nSPS) is 11.4. The van der Waals surface area contributed by atoms with Crippen molar-refractivity contribution < 1.29 is 12.6 Å². The molecule has 94 valence electrons. The minimum Gasteiger partial charge on any atom is -0.255 e. The van der Waals surface area contributed by atoms with Gasteiger partial charge in [-0.3, -0.25) is 4.18 Å². The van der Waals surface area contributed by atoms with Gasteiger partial charge in [-0.2, -0.15) is 8.42 Å². The molecule has 0 radical (unpaired) electrons. The Morgan fingerprint density at radius 3 is 2.22 bits per heavy atom. The standard InChI is InChI=1S/C13H11BrO3S/c14-10-17-18(15,16)13-9-5-4-8-12(13)11-6-2-1-3-7-11/h1-9H,10H2. The van der Waals surface area contributed by atoms with Gasteiger partial charge in [-0.15, -0.1) is 0 Å². The molecule has 5 heteroatoms. The molecule has 0 heterocycles. The number of benzene rings is 2. The predicted octanol–water partition coefficient (Wildman–Crippen LogP) is 3.41. The van der Waals surface area contributed by atoms with Crippen LogP contribution in [0.3, 0.4) is 0 Å². The van der Waals surface area contributed by atoms with E-state index in [1.807, 2.05) is 30.3 Å². The zero-order chi connectivity index (χ0) is 13.0. The molecule has 0 fully saturated rings. The molecule has 2 aromatic rings. The Kier molecular flexibility index (Phi) is 4.16. The van der Waals surface area contributed by atoms with Crippen LogP contribution in [0.15, 0.2) is 59.5 Å². The van der Waals surface area contributed by atoms with Crippen LogP contribution < -0.4 is 0 Å². The molecule has 2 rings (SSSR count). The van der Waals surface area contributed by atoms with Crippen molar-refractivity contribution in [3.8, 4) is 11.1 Å². The zero-order valence-electron chi connectivity index (χ0n) is 9.41. The highest BCUT2D eigenvalue weighted by atomic mass is 79.9. The van der Waals surface area contributed by atoms with Crippen molar-refractivity contribution in [1.29, 1.82) is 0 Å². The number of rotatable bonds is 4. The summed E-state index contributed by atoms with van der Waals surface area (Å²) in [6, 6.07) is 16.1. The van der Waals surface area contributed by atoms with E-state index >= 15 is 0 Å². The summed E-state index contributed by atoms with van der Waals surface area (Å²) in [5.41, 5.74) is 1.42. The van der Waals surface area contributed by atoms with Crippen molar-refractivity contribution >= 4 is 26.0 Å². The van der Waals surface area contributed by atoms with E-state index in [4.69, 9.17) is 4.18 Å². The number of hydrogen-bond donors (Lipinski definition) is 0. The smallest absolute Gasteiger partial charge is 0.255 e. The van der Waals surface area contributed by atoms with Crippen LogP contribution >= 0.6 is 15.9 Å². The Hall–Kier alpha value is -1.17. The molecular formula is C13H11BrO3S. The summed E-state index contributed by atoms with van der Waals surface area (Å²) in [4.78, 5) is 0.177. The Bertz CT molecular complexity index is 624. The Labute approximate surface area is 115 Å². The van der Waals surface area contributed by atoms with Gasteiger partial charge in [0, 0.05) is 5.56 Å². The van der Waals surface area contributed by atoms with Crippen molar-refractivity contribution in [3.05, 3.63) is 54.6 Å². The van der Waals surface area contributed by atoms with E-state index in [1.165, 1.54) is 0 Å². The van der Waals surface area contributed by atoms with Crippen LogP contribution in [0.5, 0.6) is 0 Å². The third-order valence-corrected chi connectivity index (χ3v) is 4.30. The van der Waals surface area contributed by atoms with Crippen LogP contribution in [0, 0.1) is 0 Å². The van der Waals surface area contributed by atoms with Gasteiger partial charge in [-0.1, -0.05) is 64.5 Å². The molecule has 0 aliphatic rings. The molecule has 0 unspecified atom stereocenters. The molecule has 0 aliphatic carbocycles. The average molecular weight is 327 g/mol. The second-order valence-electron chi connectivity index (χ2n) is 3.54. The minimum absolute atomic E-state index is 0.0571. The van der Waals surface area contributed by atoms with E-state index in [1.54, 1.807) is 24.3 Å². The van der Waals surface area contributed by atoms with E-state index in [0.717, 1.165) is 5.56 Å². The number of alkyl halides is 1. The summed E-state index contributed by atoms with van der Waals surface area (Å²) in [5, 5.41) is 0. The fraction of sp³-hybridized carbons (Fsp3) is 0.0769. The molecule has 18 heavy (non-hydrogen) atoms. The lowest BCUT2D eigenvalue weighted by atomic mass is 10.1. The van der Waals surface area contributed by atoms with Gasteiger partial charge in [0.25, 0.3) is 10.1 Å². The third-order valence-electron chi connectivity index (χ3n) is 2.44. The first kappa shape index (κ1) is 13.3. The molecule has 3 nitrogen and oxygen atoms in total. The van der Waals surface area contributed by atoms with Crippen molar-refractivity contribution in [2.75, 3.05) is 5.52 Å². The van der Waals surface area contributed by atoms with Crippen molar-refractivity contribution in [1.82, 2.24) is 0 Å². The zero-order valence-corrected chi connectivity index (χ0v) is 11.8. The van der Waals surface area contributed by atoms with Gasteiger partial charge < -0.3 is 0 Å². The molecule has 2 aromatic carbocycles. The van der Waals surface area contributed by atoms with E-state index in [0.29, 0.717) is 5.56 Å². The molecule has 0 saturated carbocycles. The molecule has 0 aliphatic heterocycles. The largest absolute Gasteiger partial charge is 0.298 e. The molecule has 0 atom stereocenters. The molecule has 0 amide bonds. The van der Waals surface area contributed by atoms with Crippen LogP contribution in [0.2, 0.25) is 0 Å². The molecule has 0 saturated heterocycles. The van der Waals surface area contributed by atoms with E-state index in [-0.39, 0.29) is 10.4 Å². The van der Waals surface area contributed by atoms with Gasteiger partial charge in [-0.05, 0) is 11.6 Å². The van der Waals surface area contributed by atoms with Crippen LogP contribution in [0.4, 0.5) is 0 Å². The van der Waals surface area contributed by atoms with Gasteiger partial charge >= 0.3 is 0 Å². The summed E-state index contributed by atoms with van der Waals surface area (Å²) >= 11 is 2.96. The summed E-state index contributed by atoms with van der Waals surface area (Å²) in [6.45, 7) is 0. The monoisotopic (exact) mass is 326 g/mol. The average Bonchev–Trinajstić information content (AvgIpc) is 2.40. The van der Waals surface area contributed by atoms with E-state index in [2.05, 4.69) is 15.9 Å². The van der Waals surface area contributed by atoms with Gasteiger partial charge in [0.15, 0.2) is 0 Å². The van der Waals surface area contributed by atoms with Crippen LogP contribution in [0.25, 0.3) is 11.1 Å². The van der Waals surface area contributed by atoms with Crippen molar-refractivity contribution in [3.63, 3.8) is 0 Å². The second-order valence-corrected chi connectivity index (χ2v) is 5.58. The molecule has 0 N–H and O–H groups in total. The maximum absolute atomic E-state index is 12.0. The van der Waals surface area contributed by atoms with Crippen molar-refractivity contribution in [2.45, 2.75) is 4.90 Å². The predicted molar refractivity (Wildman–Crippen MR) is 73.9 cm³/mol. The Morgan fingerprint density at radius 2 is 1.56 bits per heavy atom. The van der Waals surface area contributed by atoms with Crippen LogP contribution in [0.1, 0.15) is 0 Å². The SMILES string of the molecule is O=S(=O)(OCBr)c1ccccc1-c1ccccc1. The van der Waals surface area contributed by atoms with Gasteiger partial charge in [0.1, 0.15) is 10.4 Å². The van der Waals surface area contributed by atoms with Crippen LogP contribution in [-0.2, 0) is 14.3 Å². The summed E-state index contributed by atoms with van der Waals surface area (Å²) < 4.78 is 28.7. The fourth-order valence-electron chi connectivity index (χ4n) is 1.66. The lowest BCUT2D eigenvalue weighted by Gasteiger charge is -2.09. The molecular weight excluding hydrogens is 316 g/mol. The Morgan fingerprint density at radius 1 is 0.944 bits per heavy atom. The van der Waals surface area contributed by atoms with E-state index < -0.39 is 10.1 Å². The quantitative estimate of drug-likeness (QED) is 0.638. The maximum Gasteiger partial charge on any atom is 0.298 e. The van der Waals surface area contributed by atoms with Gasteiger partial charge in [0.05, 0.1) is 0 Å². The Balaban J connectivity index is 2.58. The first-order valence-corrected chi connectivity index (χ1v) is 7.78. The minimum atomic E-state index is -3.74. The number of halogens is 1. The topological polar surface area (TPSA) is 43.4 Å². The van der Waals surface area contributed by atoms with Gasteiger partial charge in [0.2, 0.25) is 0 Å². The fourth-order valence-corrected chi connectivity index (χ4v) is 3.35. The highest BCUT2D eigenvalue weighted by molar-refractivity contribution is 9.09. The summed E-state index contributed by atoms with van der Waals surface area (Å²) in [5.74, 6) is 0. The first-order valence-electron chi connectivity index (χ1n) is 5.25. The first-order chi connectivity index (χ1) is 8.65. The van der Waals surface area contributed by atoms with Crippen LogP contribution in [-0.4, -0.2) is 13.9 Å². The third kappa shape index (κ3) is 2.80. The van der Waals surface area contributed by atoms with Crippen molar-refractivity contribution in [2.24, 2.45) is 0 Å².